The average Bonchev–Trinajstić information content (AvgIpc) is 2.29. The fourth-order valence-corrected chi connectivity index (χ4v) is 1.30. The van der Waals surface area contributed by atoms with Crippen LogP contribution in [0.15, 0.2) is 18.2 Å². The first-order valence-corrected chi connectivity index (χ1v) is 4.97. The molecule has 84 valence electrons. The first-order valence-electron chi connectivity index (χ1n) is 4.59. The van der Waals surface area contributed by atoms with E-state index in [2.05, 4.69) is 16.6 Å². The van der Waals surface area contributed by atoms with Gasteiger partial charge >= 0.3 is 5.97 Å². The molecule has 0 atom stereocenters. The summed E-state index contributed by atoms with van der Waals surface area (Å²) < 4.78 is 9.85. The minimum Gasteiger partial charge on any atom is -0.481 e. The largest absolute Gasteiger partial charge is 0.481 e. The molecule has 16 heavy (non-hydrogen) atoms. The highest BCUT2D eigenvalue weighted by atomic mass is 35.5. The Kier molecular flexibility index (Phi) is 4.68. The van der Waals surface area contributed by atoms with Gasteiger partial charge in [0.25, 0.3) is 0 Å². The molecule has 4 heteroatoms. The molecule has 0 spiro atoms. The quantitative estimate of drug-likeness (QED) is 0.600. The standard InChI is InChI=1S/C12H11ClO3/c1-3-4-7-16-9-5-6-10(11(13)8-9)12(14)15-2/h5-6,8H,7H2,1-2H3. The second-order valence-electron chi connectivity index (χ2n) is 2.85. The zero-order chi connectivity index (χ0) is 12.0. The molecular weight excluding hydrogens is 228 g/mol. The molecular formula is C12H11ClO3. The molecule has 3 nitrogen and oxygen atoms in total. The van der Waals surface area contributed by atoms with Gasteiger partial charge in [-0.25, -0.2) is 4.79 Å². The molecule has 1 aromatic rings. The molecule has 0 radical (unpaired) electrons. The van der Waals surface area contributed by atoms with Gasteiger partial charge < -0.3 is 9.47 Å². The van der Waals surface area contributed by atoms with E-state index in [1.807, 2.05) is 0 Å². The maximum absolute atomic E-state index is 11.2. The molecule has 0 aliphatic heterocycles. The van der Waals surface area contributed by atoms with Gasteiger partial charge in [0.05, 0.1) is 17.7 Å². The molecule has 0 saturated carbocycles. The lowest BCUT2D eigenvalue weighted by Crippen LogP contribution is -2.02. The third kappa shape index (κ3) is 3.18. The van der Waals surface area contributed by atoms with E-state index in [9.17, 15) is 4.79 Å². The molecule has 0 bridgehead atoms. The van der Waals surface area contributed by atoms with E-state index in [1.54, 1.807) is 25.1 Å². The van der Waals surface area contributed by atoms with Crippen LogP contribution in [0.2, 0.25) is 5.02 Å². The number of benzene rings is 1. The summed E-state index contributed by atoms with van der Waals surface area (Å²) >= 11 is 5.90. The Hall–Kier alpha value is -1.66. The summed E-state index contributed by atoms with van der Waals surface area (Å²) in [4.78, 5) is 11.2. The topological polar surface area (TPSA) is 35.5 Å². The molecule has 0 fully saturated rings. The van der Waals surface area contributed by atoms with Gasteiger partial charge in [-0.2, -0.15) is 0 Å². The van der Waals surface area contributed by atoms with E-state index in [0.29, 0.717) is 22.9 Å². The summed E-state index contributed by atoms with van der Waals surface area (Å²) in [5.74, 6) is 5.57. The summed E-state index contributed by atoms with van der Waals surface area (Å²) in [7, 11) is 1.31. The number of carbonyl (C=O) groups excluding carboxylic acids is 1. The zero-order valence-corrected chi connectivity index (χ0v) is 9.80. The molecule has 0 heterocycles. The second-order valence-corrected chi connectivity index (χ2v) is 3.26. The minimum atomic E-state index is -0.468. The summed E-state index contributed by atoms with van der Waals surface area (Å²) in [5, 5.41) is 0.300. The Morgan fingerprint density at radius 1 is 1.50 bits per heavy atom. The molecule has 0 amide bonds. The van der Waals surface area contributed by atoms with E-state index in [-0.39, 0.29) is 0 Å². The van der Waals surface area contributed by atoms with Gasteiger partial charge in [-0.15, -0.1) is 5.92 Å². The number of carbonyl (C=O) groups is 1. The predicted octanol–water partition coefficient (Wildman–Crippen LogP) is 2.53. The Balaban J connectivity index is 2.81. The molecule has 1 aromatic carbocycles. The highest BCUT2D eigenvalue weighted by Crippen LogP contribution is 2.23. The van der Waals surface area contributed by atoms with Crippen molar-refractivity contribution in [2.24, 2.45) is 0 Å². The first kappa shape index (κ1) is 12.4. The lowest BCUT2D eigenvalue weighted by molar-refractivity contribution is 0.0601. The molecule has 0 saturated heterocycles. The van der Waals surface area contributed by atoms with Crippen LogP contribution in [-0.4, -0.2) is 19.7 Å². The van der Waals surface area contributed by atoms with E-state index in [1.165, 1.54) is 7.11 Å². The van der Waals surface area contributed by atoms with Gasteiger partial charge in [0.15, 0.2) is 0 Å². The number of rotatable bonds is 3. The number of hydrogen-bond donors (Lipinski definition) is 0. The number of methoxy groups -OCH3 is 1. The van der Waals surface area contributed by atoms with Gasteiger partial charge in [-0.1, -0.05) is 17.5 Å². The van der Waals surface area contributed by atoms with Crippen LogP contribution in [0.5, 0.6) is 5.75 Å². The van der Waals surface area contributed by atoms with Crippen LogP contribution in [0, 0.1) is 11.8 Å². The third-order valence-corrected chi connectivity index (χ3v) is 2.15. The molecule has 0 N–H and O–H groups in total. The fourth-order valence-electron chi connectivity index (χ4n) is 1.05. The number of ether oxygens (including phenoxy) is 2. The summed E-state index contributed by atoms with van der Waals surface area (Å²) in [6, 6.07) is 4.77. The average molecular weight is 239 g/mol. The van der Waals surface area contributed by atoms with Gasteiger partial charge in [0.1, 0.15) is 12.4 Å². The van der Waals surface area contributed by atoms with Crippen LogP contribution in [0.1, 0.15) is 17.3 Å². The Morgan fingerprint density at radius 3 is 2.81 bits per heavy atom. The van der Waals surface area contributed by atoms with Crippen molar-refractivity contribution in [3.63, 3.8) is 0 Å². The van der Waals surface area contributed by atoms with Crippen LogP contribution in [0.4, 0.5) is 0 Å². The van der Waals surface area contributed by atoms with Gasteiger partial charge in [0, 0.05) is 0 Å². The monoisotopic (exact) mass is 238 g/mol. The van der Waals surface area contributed by atoms with Crippen molar-refractivity contribution < 1.29 is 14.3 Å². The maximum Gasteiger partial charge on any atom is 0.339 e. The first-order chi connectivity index (χ1) is 7.69. The lowest BCUT2D eigenvalue weighted by Gasteiger charge is -2.05. The molecule has 1 rings (SSSR count). The van der Waals surface area contributed by atoms with Crippen molar-refractivity contribution in [2.45, 2.75) is 6.92 Å². The minimum absolute atomic E-state index is 0.296. The summed E-state index contributed by atoms with van der Waals surface area (Å²) in [6.45, 7) is 2.03. The molecule has 0 aliphatic carbocycles. The van der Waals surface area contributed by atoms with Crippen LogP contribution in [0.25, 0.3) is 0 Å². The van der Waals surface area contributed by atoms with Gasteiger partial charge in [0.2, 0.25) is 0 Å². The van der Waals surface area contributed by atoms with E-state index >= 15 is 0 Å². The van der Waals surface area contributed by atoms with E-state index in [0.717, 1.165) is 0 Å². The number of halogens is 1. The molecule has 0 unspecified atom stereocenters. The zero-order valence-electron chi connectivity index (χ0n) is 9.04. The number of esters is 1. The predicted molar refractivity (Wildman–Crippen MR) is 61.7 cm³/mol. The number of hydrogen-bond acceptors (Lipinski definition) is 3. The fraction of sp³-hybridized carbons (Fsp3) is 0.250. The molecule has 0 aromatic heterocycles. The highest BCUT2D eigenvalue weighted by Gasteiger charge is 2.10. The highest BCUT2D eigenvalue weighted by molar-refractivity contribution is 6.33. The van der Waals surface area contributed by atoms with Crippen molar-refractivity contribution in [3.05, 3.63) is 28.8 Å². The smallest absolute Gasteiger partial charge is 0.339 e. The van der Waals surface area contributed by atoms with E-state index < -0.39 is 5.97 Å². The summed E-state index contributed by atoms with van der Waals surface area (Å²) in [6.07, 6.45) is 0. The van der Waals surface area contributed by atoms with Gasteiger partial charge in [-0.05, 0) is 25.1 Å². The third-order valence-electron chi connectivity index (χ3n) is 1.83. The van der Waals surface area contributed by atoms with Crippen molar-refractivity contribution in [3.8, 4) is 17.6 Å². The van der Waals surface area contributed by atoms with E-state index in [4.69, 9.17) is 16.3 Å². The van der Waals surface area contributed by atoms with Crippen LogP contribution >= 0.6 is 11.6 Å². The maximum atomic E-state index is 11.2. The summed E-state index contributed by atoms with van der Waals surface area (Å²) in [5.41, 5.74) is 0.318. The van der Waals surface area contributed by atoms with Gasteiger partial charge in [-0.3, -0.25) is 0 Å². The SMILES string of the molecule is CC#CCOc1ccc(C(=O)OC)c(Cl)c1. The Labute approximate surface area is 99.3 Å². The Morgan fingerprint density at radius 2 is 2.25 bits per heavy atom. The molecule has 0 aliphatic rings. The van der Waals surface area contributed by atoms with Crippen molar-refractivity contribution in [1.82, 2.24) is 0 Å². The van der Waals surface area contributed by atoms with Crippen molar-refractivity contribution in [2.75, 3.05) is 13.7 Å². The van der Waals surface area contributed by atoms with Crippen molar-refractivity contribution in [1.29, 1.82) is 0 Å². The Bertz CT molecular complexity index is 443. The van der Waals surface area contributed by atoms with Crippen molar-refractivity contribution >= 4 is 17.6 Å². The normalized spacial score (nSPS) is 8.94. The van der Waals surface area contributed by atoms with Crippen LogP contribution in [0.3, 0.4) is 0 Å². The van der Waals surface area contributed by atoms with Crippen LogP contribution in [-0.2, 0) is 4.74 Å². The van der Waals surface area contributed by atoms with Crippen LogP contribution < -0.4 is 4.74 Å². The second kappa shape index (κ2) is 6.04. The lowest BCUT2D eigenvalue weighted by atomic mass is 10.2.